The minimum absolute atomic E-state index is 0.0967. The van der Waals surface area contributed by atoms with Crippen LogP contribution in [0, 0.1) is 12.7 Å². The Hall–Kier alpha value is -3.47. The van der Waals surface area contributed by atoms with E-state index in [1.54, 1.807) is 23.1 Å². The summed E-state index contributed by atoms with van der Waals surface area (Å²) in [6, 6.07) is 23.4. The highest BCUT2D eigenvalue weighted by Crippen LogP contribution is 2.21. The number of nitrogens with zero attached hydrogens (tertiary/aromatic N) is 1. The molecule has 1 unspecified atom stereocenters. The van der Waals surface area contributed by atoms with Gasteiger partial charge in [0, 0.05) is 19.0 Å². The summed E-state index contributed by atoms with van der Waals surface area (Å²) in [5.41, 5.74) is 3.34. The van der Waals surface area contributed by atoms with E-state index in [0.717, 1.165) is 42.4 Å². The van der Waals surface area contributed by atoms with Crippen molar-refractivity contribution in [3.63, 3.8) is 0 Å². The summed E-state index contributed by atoms with van der Waals surface area (Å²) in [4.78, 5) is 29.2. The van der Waals surface area contributed by atoms with Crippen molar-refractivity contribution in [3.05, 3.63) is 107 Å². The molecule has 4 rings (SSSR count). The van der Waals surface area contributed by atoms with E-state index in [4.69, 9.17) is 0 Å². The van der Waals surface area contributed by atoms with E-state index in [1.807, 2.05) is 61.5 Å². The summed E-state index contributed by atoms with van der Waals surface area (Å²) in [6.07, 6.45) is 5.63. The molecule has 0 saturated heterocycles. The van der Waals surface area contributed by atoms with Gasteiger partial charge >= 0.3 is 0 Å². The zero-order chi connectivity index (χ0) is 25.3. The Bertz CT molecular complexity index is 1160. The Morgan fingerprint density at radius 1 is 0.889 bits per heavy atom. The third-order valence-corrected chi connectivity index (χ3v) is 7.12. The van der Waals surface area contributed by atoms with Crippen LogP contribution in [0.3, 0.4) is 0 Å². The zero-order valence-corrected chi connectivity index (χ0v) is 21.0. The number of rotatable bonds is 9. The van der Waals surface area contributed by atoms with Gasteiger partial charge in [0.25, 0.3) is 0 Å². The Kier molecular flexibility index (Phi) is 8.88. The van der Waals surface area contributed by atoms with Gasteiger partial charge < -0.3 is 10.2 Å². The fraction of sp³-hybridized carbons (Fsp3) is 0.355. The second kappa shape index (κ2) is 12.5. The third-order valence-electron chi connectivity index (χ3n) is 7.12. The number of carbonyl (C=O) groups excluding carboxylic acids is 2. The number of aryl methyl sites for hydroxylation is 1. The van der Waals surface area contributed by atoms with Crippen LogP contribution >= 0.6 is 0 Å². The van der Waals surface area contributed by atoms with Crippen molar-refractivity contribution in [2.45, 2.75) is 70.5 Å². The average molecular weight is 487 g/mol. The lowest BCUT2D eigenvalue weighted by Gasteiger charge is -2.34. The van der Waals surface area contributed by atoms with E-state index in [2.05, 4.69) is 5.32 Å². The Balaban J connectivity index is 1.67. The smallest absolute Gasteiger partial charge is 0.243 e. The fourth-order valence-electron chi connectivity index (χ4n) is 4.98. The highest BCUT2D eigenvalue weighted by Gasteiger charge is 2.32. The molecule has 5 heteroatoms. The predicted molar refractivity (Wildman–Crippen MR) is 141 cm³/mol. The first-order chi connectivity index (χ1) is 17.5. The number of amides is 2. The standard InChI is InChI=1S/C31H35FN2O2/c1-23-12-8-9-16-26(23)22-34(30(35)21-25-15-10-11-19-28(25)32)29(20-24-13-4-2-5-14-24)31(36)33-27-17-6-3-7-18-27/h2,4-5,8-16,19,27,29H,3,6-7,17-18,20-22H2,1H3,(H,33,36). The van der Waals surface area contributed by atoms with Crippen LogP contribution in [0.4, 0.5) is 4.39 Å². The van der Waals surface area contributed by atoms with E-state index in [-0.39, 0.29) is 30.8 Å². The maximum absolute atomic E-state index is 14.5. The second-order valence-electron chi connectivity index (χ2n) is 9.77. The molecule has 3 aromatic rings. The first-order valence-electron chi connectivity index (χ1n) is 12.9. The summed E-state index contributed by atoms with van der Waals surface area (Å²) >= 11 is 0. The monoisotopic (exact) mass is 486 g/mol. The molecule has 1 atom stereocenters. The first kappa shape index (κ1) is 25.6. The SMILES string of the molecule is Cc1ccccc1CN(C(=O)Cc1ccccc1F)C(Cc1ccccc1)C(=O)NC1CCCCC1. The lowest BCUT2D eigenvalue weighted by molar-refractivity contribution is -0.141. The van der Waals surface area contributed by atoms with Gasteiger partial charge in [0.1, 0.15) is 11.9 Å². The van der Waals surface area contributed by atoms with Crippen molar-refractivity contribution in [2.75, 3.05) is 0 Å². The van der Waals surface area contributed by atoms with Crippen molar-refractivity contribution in [1.29, 1.82) is 0 Å². The van der Waals surface area contributed by atoms with Crippen LogP contribution in [0.1, 0.15) is 54.4 Å². The maximum atomic E-state index is 14.5. The van der Waals surface area contributed by atoms with Gasteiger partial charge in [-0.1, -0.05) is 92.1 Å². The van der Waals surface area contributed by atoms with Crippen LogP contribution in [0.25, 0.3) is 0 Å². The number of carbonyl (C=O) groups is 2. The third kappa shape index (κ3) is 6.81. The van der Waals surface area contributed by atoms with Crippen LogP contribution in [-0.2, 0) is 29.0 Å². The molecule has 2 amide bonds. The molecule has 188 valence electrons. The molecule has 0 bridgehead atoms. The van der Waals surface area contributed by atoms with E-state index < -0.39 is 11.9 Å². The summed E-state index contributed by atoms with van der Waals surface area (Å²) < 4.78 is 14.5. The van der Waals surface area contributed by atoms with Gasteiger partial charge in [0.2, 0.25) is 11.8 Å². The molecule has 0 radical (unpaired) electrons. The van der Waals surface area contributed by atoms with Crippen LogP contribution in [0.5, 0.6) is 0 Å². The number of benzene rings is 3. The molecule has 0 aromatic heterocycles. The summed E-state index contributed by atoms with van der Waals surface area (Å²) in [5, 5.41) is 3.24. The lowest BCUT2D eigenvalue weighted by Crippen LogP contribution is -2.53. The number of hydrogen-bond acceptors (Lipinski definition) is 2. The van der Waals surface area contributed by atoms with Crippen LogP contribution in [0.2, 0.25) is 0 Å². The topological polar surface area (TPSA) is 49.4 Å². The van der Waals surface area contributed by atoms with E-state index in [1.165, 1.54) is 12.5 Å². The highest BCUT2D eigenvalue weighted by atomic mass is 19.1. The second-order valence-corrected chi connectivity index (χ2v) is 9.77. The van der Waals surface area contributed by atoms with E-state index >= 15 is 0 Å². The summed E-state index contributed by atoms with van der Waals surface area (Å²) in [7, 11) is 0. The van der Waals surface area contributed by atoms with Crippen molar-refractivity contribution in [1.82, 2.24) is 10.2 Å². The quantitative estimate of drug-likeness (QED) is 0.418. The normalized spacial score (nSPS) is 14.7. The fourth-order valence-corrected chi connectivity index (χ4v) is 4.98. The Labute approximate surface area is 213 Å². The summed E-state index contributed by atoms with van der Waals surface area (Å²) in [6.45, 7) is 2.29. The Morgan fingerprint density at radius 3 is 2.22 bits per heavy atom. The molecule has 1 N–H and O–H groups in total. The van der Waals surface area contributed by atoms with Gasteiger partial charge in [0.15, 0.2) is 0 Å². The molecule has 4 nitrogen and oxygen atoms in total. The van der Waals surface area contributed by atoms with Gasteiger partial charge in [0.05, 0.1) is 6.42 Å². The van der Waals surface area contributed by atoms with Crippen LogP contribution in [0.15, 0.2) is 78.9 Å². The van der Waals surface area contributed by atoms with Gasteiger partial charge in [-0.3, -0.25) is 9.59 Å². The van der Waals surface area contributed by atoms with E-state index in [9.17, 15) is 14.0 Å². The molecule has 0 spiro atoms. The van der Waals surface area contributed by atoms with Crippen LogP contribution < -0.4 is 5.32 Å². The molecular weight excluding hydrogens is 451 g/mol. The Morgan fingerprint density at radius 2 is 1.53 bits per heavy atom. The number of nitrogens with one attached hydrogen (secondary N) is 1. The van der Waals surface area contributed by atoms with Crippen molar-refractivity contribution >= 4 is 11.8 Å². The molecule has 1 aliphatic carbocycles. The molecule has 36 heavy (non-hydrogen) atoms. The maximum Gasteiger partial charge on any atom is 0.243 e. The molecule has 1 fully saturated rings. The summed E-state index contributed by atoms with van der Waals surface area (Å²) in [5.74, 6) is -0.808. The number of halogens is 1. The molecule has 3 aromatic carbocycles. The average Bonchev–Trinajstić information content (AvgIpc) is 2.89. The molecule has 1 saturated carbocycles. The van der Waals surface area contributed by atoms with Gasteiger partial charge in [-0.2, -0.15) is 0 Å². The van der Waals surface area contributed by atoms with Crippen LogP contribution in [-0.4, -0.2) is 28.8 Å². The highest BCUT2D eigenvalue weighted by molar-refractivity contribution is 5.89. The van der Waals surface area contributed by atoms with Gasteiger partial charge in [-0.05, 0) is 48.1 Å². The first-order valence-corrected chi connectivity index (χ1v) is 12.9. The molecule has 1 aliphatic rings. The molecule has 0 aliphatic heterocycles. The minimum atomic E-state index is -0.701. The van der Waals surface area contributed by atoms with Gasteiger partial charge in [-0.15, -0.1) is 0 Å². The lowest BCUT2D eigenvalue weighted by atomic mass is 9.94. The van der Waals surface area contributed by atoms with Crippen molar-refractivity contribution in [3.8, 4) is 0 Å². The van der Waals surface area contributed by atoms with E-state index in [0.29, 0.717) is 12.0 Å². The zero-order valence-electron chi connectivity index (χ0n) is 21.0. The predicted octanol–water partition coefficient (Wildman–Crippen LogP) is 5.77. The molecular formula is C31H35FN2O2. The largest absolute Gasteiger partial charge is 0.352 e. The number of hydrogen-bond donors (Lipinski definition) is 1. The van der Waals surface area contributed by atoms with Crippen molar-refractivity contribution in [2.24, 2.45) is 0 Å². The van der Waals surface area contributed by atoms with Crippen molar-refractivity contribution < 1.29 is 14.0 Å². The molecule has 0 heterocycles. The minimum Gasteiger partial charge on any atom is -0.352 e. The van der Waals surface area contributed by atoms with Gasteiger partial charge in [-0.25, -0.2) is 4.39 Å².